The molecule has 0 saturated carbocycles. The minimum Gasteiger partial charge on any atom is -0.295 e. The van der Waals surface area contributed by atoms with E-state index < -0.39 is 0 Å². The van der Waals surface area contributed by atoms with Crippen LogP contribution in [0.1, 0.15) is 25.1 Å². The third-order valence-electron chi connectivity index (χ3n) is 1.98. The second-order valence-corrected chi connectivity index (χ2v) is 3.23. The standard InChI is InChI=1S/C10H14N2O/c1-7(9(3)13)5-10-6-12(4)11-8(10)2/h5-6H,1-4H3/b7-5+. The van der Waals surface area contributed by atoms with Gasteiger partial charge < -0.3 is 0 Å². The van der Waals surface area contributed by atoms with Gasteiger partial charge in [-0.15, -0.1) is 0 Å². The Morgan fingerprint density at radius 3 is 2.54 bits per heavy atom. The van der Waals surface area contributed by atoms with Crippen molar-refractivity contribution in [3.63, 3.8) is 0 Å². The molecule has 0 bridgehead atoms. The summed E-state index contributed by atoms with van der Waals surface area (Å²) in [4.78, 5) is 11.0. The zero-order valence-electron chi connectivity index (χ0n) is 8.46. The van der Waals surface area contributed by atoms with E-state index in [1.54, 1.807) is 11.6 Å². The zero-order valence-corrected chi connectivity index (χ0v) is 8.46. The summed E-state index contributed by atoms with van der Waals surface area (Å²) in [5, 5.41) is 4.18. The van der Waals surface area contributed by atoms with Crippen molar-refractivity contribution in [2.45, 2.75) is 20.8 Å². The summed E-state index contributed by atoms with van der Waals surface area (Å²) >= 11 is 0. The van der Waals surface area contributed by atoms with E-state index in [0.717, 1.165) is 16.8 Å². The summed E-state index contributed by atoms with van der Waals surface area (Å²) in [6, 6.07) is 0. The number of ketones is 1. The molecule has 0 atom stereocenters. The molecule has 0 aromatic carbocycles. The molecule has 0 amide bonds. The molecule has 0 unspecified atom stereocenters. The van der Waals surface area contributed by atoms with Crippen molar-refractivity contribution >= 4 is 11.9 Å². The number of hydrogen-bond acceptors (Lipinski definition) is 2. The molecule has 0 radical (unpaired) electrons. The highest BCUT2D eigenvalue weighted by atomic mass is 16.1. The smallest absolute Gasteiger partial charge is 0.155 e. The average molecular weight is 178 g/mol. The summed E-state index contributed by atoms with van der Waals surface area (Å²) in [7, 11) is 1.87. The lowest BCUT2D eigenvalue weighted by Crippen LogP contribution is -1.90. The van der Waals surface area contributed by atoms with Gasteiger partial charge in [0.2, 0.25) is 0 Å². The molecule has 1 aromatic rings. The second-order valence-electron chi connectivity index (χ2n) is 3.23. The molecule has 1 aromatic heterocycles. The average Bonchev–Trinajstić information content (AvgIpc) is 2.30. The maximum atomic E-state index is 11.0. The molecule has 1 rings (SSSR count). The van der Waals surface area contributed by atoms with Crippen LogP contribution < -0.4 is 0 Å². The topological polar surface area (TPSA) is 34.9 Å². The normalized spacial score (nSPS) is 11.8. The van der Waals surface area contributed by atoms with Crippen LogP contribution in [0.25, 0.3) is 6.08 Å². The number of allylic oxidation sites excluding steroid dienone is 1. The van der Waals surface area contributed by atoms with Crippen molar-refractivity contribution in [3.05, 3.63) is 23.0 Å². The van der Waals surface area contributed by atoms with Crippen molar-refractivity contribution in [1.29, 1.82) is 0 Å². The number of aryl methyl sites for hydroxylation is 2. The first kappa shape index (κ1) is 9.71. The van der Waals surface area contributed by atoms with Gasteiger partial charge in [-0.1, -0.05) is 0 Å². The third-order valence-corrected chi connectivity index (χ3v) is 1.98. The number of aromatic nitrogens is 2. The van der Waals surface area contributed by atoms with Gasteiger partial charge in [-0.05, 0) is 32.4 Å². The van der Waals surface area contributed by atoms with Crippen molar-refractivity contribution in [2.24, 2.45) is 7.05 Å². The Labute approximate surface area is 78.1 Å². The zero-order chi connectivity index (χ0) is 10.0. The highest BCUT2D eigenvalue weighted by Gasteiger charge is 2.02. The van der Waals surface area contributed by atoms with Gasteiger partial charge >= 0.3 is 0 Å². The minimum atomic E-state index is 0.100. The predicted molar refractivity (Wildman–Crippen MR) is 52.3 cm³/mol. The van der Waals surface area contributed by atoms with Gasteiger partial charge in [0, 0.05) is 18.8 Å². The van der Waals surface area contributed by atoms with Crippen molar-refractivity contribution in [3.8, 4) is 0 Å². The molecule has 0 aliphatic carbocycles. The number of rotatable bonds is 2. The molecule has 13 heavy (non-hydrogen) atoms. The molecule has 3 heteroatoms. The van der Waals surface area contributed by atoms with E-state index >= 15 is 0 Å². The van der Waals surface area contributed by atoms with Crippen LogP contribution in [-0.2, 0) is 11.8 Å². The van der Waals surface area contributed by atoms with Crippen molar-refractivity contribution < 1.29 is 4.79 Å². The van der Waals surface area contributed by atoms with Crippen LogP contribution in [0.2, 0.25) is 0 Å². The Kier molecular flexibility index (Phi) is 2.66. The van der Waals surface area contributed by atoms with Crippen LogP contribution >= 0.6 is 0 Å². The largest absolute Gasteiger partial charge is 0.295 e. The molecule has 0 N–H and O–H groups in total. The van der Waals surface area contributed by atoms with Gasteiger partial charge in [0.05, 0.1) is 5.69 Å². The van der Waals surface area contributed by atoms with Gasteiger partial charge in [0.15, 0.2) is 5.78 Å². The van der Waals surface area contributed by atoms with Crippen LogP contribution in [0.3, 0.4) is 0 Å². The Bertz CT molecular complexity index is 361. The second kappa shape index (κ2) is 3.56. The van der Waals surface area contributed by atoms with Gasteiger partial charge in [0.1, 0.15) is 0 Å². The summed E-state index contributed by atoms with van der Waals surface area (Å²) in [6.07, 6.45) is 3.77. The van der Waals surface area contributed by atoms with E-state index in [4.69, 9.17) is 0 Å². The maximum absolute atomic E-state index is 11.0. The van der Waals surface area contributed by atoms with Crippen LogP contribution in [0, 0.1) is 6.92 Å². The van der Waals surface area contributed by atoms with Gasteiger partial charge in [-0.25, -0.2) is 0 Å². The van der Waals surface area contributed by atoms with E-state index in [-0.39, 0.29) is 5.78 Å². The molecule has 0 saturated heterocycles. The Morgan fingerprint density at radius 2 is 2.15 bits per heavy atom. The number of hydrogen-bond donors (Lipinski definition) is 0. The summed E-state index contributed by atoms with van der Waals surface area (Å²) in [5.41, 5.74) is 2.72. The van der Waals surface area contributed by atoms with Crippen LogP contribution in [-0.4, -0.2) is 15.6 Å². The van der Waals surface area contributed by atoms with E-state index in [0.29, 0.717) is 0 Å². The monoisotopic (exact) mass is 178 g/mol. The Morgan fingerprint density at radius 1 is 1.54 bits per heavy atom. The quantitative estimate of drug-likeness (QED) is 0.646. The van der Waals surface area contributed by atoms with Crippen molar-refractivity contribution in [1.82, 2.24) is 9.78 Å². The Hall–Kier alpha value is -1.38. The highest BCUT2D eigenvalue weighted by molar-refractivity contribution is 5.97. The lowest BCUT2D eigenvalue weighted by molar-refractivity contribution is -0.113. The Balaban J connectivity index is 3.03. The molecular formula is C10H14N2O. The van der Waals surface area contributed by atoms with E-state index in [1.165, 1.54) is 0 Å². The van der Waals surface area contributed by atoms with Gasteiger partial charge in [-0.3, -0.25) is 9.48 Å². The predicted octanol–water partition coefficient (Wildman–Crippen LogP) is 1.72. The third kappa shape index (κ3) is 2.28. The number of carbonyl (C=O) groups excluding carboxylic acids is 1. The summed E-state index contributed by atoms with van der Waals surface area (Å²) in [5.74, 6) is 0.100. The van der Waals surface area contributed by atoms with Gasteiger partial charge in [-0.2, -0.15) is 5.10 Å². The highest BCUT2D eigenvalue weighted by Crippen LogP contribution is 2.10. The molecule has 0 aliphatic rings. The lowest BCUT2D eigenvalue weighted by atomic mass is 10.1. The first-order chi connectivity index (χ1) is 6.00. The number of carbonyl (C=O) groups is 1. The fraction of sp³-hybridized carbons (Fsp3) is 0.400. The number of Topliss-reactive ketones (excluding diaryl/α,β-unsaturated/α-hetero) is 1. The molecule has 1 heterocycles. The SMILES string of the molecule is CC(=O)/C(C)=C/c1cn(C)nc1C. The van der Waals surface area contributed by atoms with Crippen molar-refractivity contribution in [2.75, 3.05) is 0 Å². The first-order valence-corrected chi connectivity index (χ1v) is 4.20. The van der Waals surface area contributed by atoms with E-state index in [2.05, 4.69) is 5.10 Å². The van der Waals surface area contributed by atoms with Gasteiger partial charge in [0.25, 0.3) is 0 Å². The van der Waals surface area contributed by atoms with E-state index in [9.17, 15) is 4.79 Å². The van der Waals surface area contributed by atoms with Crippen LogP contribution in [0.15, 0.2) is 11.8 Å². The minimum absolute atomic E-state index is 0.100. The van der Waals surface area contributed by atoms with E-state index in [1.807, 2.05) is 33.2 Å². The molecular weight excluding hydrogens is 164 g/mol. The molecule has 0 spiro atoms. The molecule has 70 valence electrons. The first-order valence-electron chi connectivity index (χ1n) is 4.20. The number of nitrogens with zero attached hydrogens (tertiary/aromatic N) is 2. The maximum Gasteiger partial charge on any atom is 0.155 e. The molecule has 3 nitrogen and oxygen atoms in total. The lowest BCUT2D eigenvalue weighted by Gasteiger charge is -1.92. The molecule has 0 fully saturated rings. The molecule has 0 aliphatic heterocycles. The fourth-order valence-electron chi connectivity index (χ4n) is 1.09. The van der Waals surface area contributed by atoms with Crippen LogP contribution in [0.5, 0.6) is 0 Å². The summed E-state index contributed by atoms with van der Waals surface area (Å²) in [6.45, 7) is 5.31. The summed E-state index contributed by atoms with van der Waals surface area (Å²) < 4.78 is 1.74. The van der Waals surface area contributed by atoms with Crippen LogP contribution in [0.4, 0.5) is 0 Å². The fourth-order valence-corrected chi connectivity index (χ4v) is 1.09.